The number of benzene rings is 1. The van der Waals surface area contributed by atoms with Crippen molar-refractivity contribution in [2.24, 2.45) is 0 Å². The van der Waals surface area contributed by atoms with E-state index in [1.807, 2.05) is 0 Å². The summed E-state index contributed by atoms with van der Waals surface area (Å²) in [5, 5.41) is 5.63. The molecule has 7 heteroatoms. The number of amides is 3. The molecule has 2 aliphatic heterocycles. The summed E-state index contributed by atoms with van der Waals surface area (Å²) in [4.78, 5) is 26.1. The molecule has 1 aromatic rings. The summed E-state index contributed by atoms with van der Waals surface area (Å²) in [6, 6.07) is 5.36. The first-order valence-corrected chi connectivity index (χ1v) is 8.34. The number of nitrogens with one attached hydrogen (secondary N) is 2. The van der Waals surface area contributed by atoms with Gasteiger partial charge in [-0.25, -0.2) is 9.18 Å². The molecule has 0 radical (unpaired) electrons. The lowest BCUT2D eigenvalue weighted by molar-refractivity contribution is -0.122. The van der Waals surface area contributed by atoms with Crippen molar-refractivity contribution in [3.8, 4) is 0 Å². The first kappa shape index (κ1) is 16.7. The summed E-state index contributed by atoms with van der Waals surface area (Å²) in [5.74, 6) is -0.423. The van der Waals surface area contributed by atoms with E-state index in [0.29, 0.717) is 32.7 Å². The van der Waals surface area contributed by atoms with Crippen LogP contribution in [0.25, 0.3) is 0 Å². The summed E-state index contributed by atoms with van der Waals surface area (Å²) in [6.45, 7) is 1.92. The van der Waals surface area contributed by atoms with Crippen LogP contribution in [0.4, 0.5) is 9.18 Å². The third-order valence-corrected chi connectivity index (χ3v) is 4.43. The van der Waals surface area contributed by atoms with E-state index in [1.54, 1.807) is 17.0 Å². The van der Waals surface area contributed by atoms with Gasteiger partial charge in [0.15, 0.2) is 0 Å². The highest BCUT2D eigenvalue weighted by atomic mass is 19.1. The van der Waals surface area contributed by atoms with E-state index < -0.39 is 6.04 Å². The average molecular weight is 335 g/mol. The highest BCUT2D eigenvalue weighted by Crippen LogP contribution is 2.22. The number of hydrogen-bond acceptors (Lipinski definition) is 3. The largest absolute Gasteiger partial charge is 0.370 e. The molecule has 6 nitrogen and oxygen atoms in total. The Bertz CT molecular complexity index is 593. The van der Waals surface area contributed by atoms with Gasteiger partial charge in [0.1, 0.15) is 18.0 Å². The predicted molar refractivity (Wildman–Crippen MR) is 85.8 cm³/mol. The molecular weight excluding hydrogens is 313 g/mol. The van der Waals surface area contributed by atoms with Gasteiger partial charge in [0.2, 0.25) is 5.91 Å². The molecule has 24 heavy (non-hydrogen) atoms. The minimum absolute atomic E-state index is 0.121. The monoisotopic (exact) mass is 335 g/mol. The van der Waals surface area contributed by atoms with Crippen LogP contribution in [0.3, 0.4) is 0 Å². The maximum Gasteiger partial charge on any atom is 0.318 e. The van der Waals surface area contributed by atoms with Crippen molar-refractivity contribution >= 4 is 11.9 Å². The number of nitrogens with zero attached hydrogens (tertiary/aromatic N) is 1. The van der Waals surface area contributed by atoms with Gasteiger partial charge in [0.25, 0.3) is 0 Å². The minimum Gasteiger partial charge on any atom is -0.370 e. The molecule has 2 atom stereocenters. The molecule has 0 aromatic heterocycles. The Morgan fingerprint density at radius 1 is 1.29 bits per heavy atom. The van der Waals surface area contributed by atoms with E-state index in [4.69, 9.17) is 4.74 Å². The molecule has 2 fully saturated rings. The molecule has 3 amide bonds. The number of rotatable bonds is 2. The zero-order chi connectivity index (χ0) is 16.9. The lowest BCUT2D eigenvalue weighted by atomic mass is 10.1. The standard InChI is InChI=1S/C17H22FN3O3/c18-13-6-4-12(5-7-13)15-11-21(9-10-24-15)17(23)20-14-3-1-2-8-19-16(14)22/h4-7,14-15H,1-3,8-11H2,(H,19,22)(H,20,23). The van der Waals surface area contributed by atoms with Gasteiger partial charge in [0, 0.05) is 13.1 Å². The van der Waals surface area contributed by atoms with Gasteiger partial charge in [-0.3, -0.25) is 4.79 Å². The van der Waals surface area contributed by atoms with Gasteiger partial charge >= 0.3 is 6.03 Å². The van der Waals surface area contributed by atoms with Crippen molar-refractivity contribution in [3.05, 3.63) is 35.6 Å². The van der Waals surface area contributed by atoms with Crippen LogP contribution >= 0.6 is 0 Å². The third kappa shape index (κ3) is 4.03. The van der Waals surface area contributed by atoms with Gasteiger partial charge in [-0.05, 0) is 37.0 Å². The molecule has 0 spiro atoms. The number of carbonyl (C=O) groups is 2. The van der Waals surface area contributed by atoms with E-state index in [0.717, 1.165) is 18.4 Å². The summed E-state index contributed by atoms with van der Waals surface area (Å²) in [6.07, 6.45) is 2.21. The third-order valence-electron chi connectivity index (χ3n) is 4.43. The second-order valence-corrected chi connectivity index (χ2v) is 6.15. The predicted octanol–water partition coefficient (Wildman–Crippen LogP) is 1.58. The first-order valence-electron chi connectivity index (χ1n) is 8.34. The quantitative estimate of drug-likeness (QED) is 0.862. The SMILES string of the molecule is O=C1NCCCCC1NC(=O)N1CCOC(c2ccc(F)cc2)C1. The van der Waals surface area contributed by atoms with E-state index in [9.17, 15) is 14.0 Å². The molecule has 130 valence electrons. The molecular formula is C17H22FN3O3. The second kappa shape index (κ2) is 7.61. The van der Waals surface area contributed by atoms with Gasteiger partial charge in [-0.15, -0.1) is 0 Å². The molecule has 2 aliphatic rings. The number of ether oxygens (including phenoxy) is 1. The van der Waals surface area contributed by atoms with Crippen LogP contribution in [0, 0.1) is 5.82 Å². The lowest BCUT2D eigenvalue weighted by Gasteiger charge is -2.34. The van der Waals surface area contributed by atoms with Crippen molar-refractivity contribution in [2.75, 3.05) is 26.2 Å². The van der Waals surface area contributed by atoms with E-state index in [1.165, 1.54) is 12.1 Å². The molecule has 2 heterocycles. The fourth-order valence-electron chi connectivity index (χ4n) is 3.03. The number of hydrogen-bond donors (Lipinski definition) is 2. The van der Waals surface area contributed by atoms with Crippen molar-refractivity contribution in [3.63, 3.8) is 0 Å². The van der Waals surface area contributed by atoms with Crippen molar-refractivity contribution in [1.29, 1.82) is 0 Å². The Labute approximate surface area is 140 Å². The molecule has 2 N–H and O–H groups in total. The summed E-state index contributed by atoms with van der Waals surface area (Å²) in [5.41, 5.74) is 0.834. The van der Waals surface area contributed by atoms with E-state index in [2.05, 4.69) is 10.6 Å². The Hall–Kier alpha value is -2.15. The zero-order valence-electron chi connectivity index (χ0n) is 13.5. The van der Waals surface area contributed by atoms with Gasteiger partial charge in [0.05, 0.1) is 13.2 Å². The van der Waals surface area contributed by atoms with Crippen LogP contribution in [-0.2, 0) is 9.53 Å². The molecule has 2 saturated heterocycles. The maximum atomic E-state index is 13.0. The number of morpholine rings is 1. The van der Waals surface area contributed by atoms with Crippen LogP contribution in [0.2, 0.25) is 0 Å². The summed E-state index contributed by atoms with van der Waals surface area (Å²) >= 11 is 0. The number of urea groups is 1. The molecule has 0 saturated carbocycles. The lowest BCUT2D eigenvalue weighted by Crippen LogP contribution is -2.53. The van der Waals surface area contributed by atoms with Crippen LogP contribution in [0.15, 0.2) is 24.3 Å². The van der Waals surface area contributed by atoms with Crippen molar-refractivity contribution < 1.29 is 18.7 Å². The van der Waals surface area contributed by atoms with E-state index in [-0.39, 0.29) is 23.9 Å². The molecule has 1 aromatic carbocycles. The van der Waals surface area contributed by atoms with Gasteiger partial charge in [-0.2, -0.15) is 0 Å². The van der Waals surface area contributed by atoms with Crippen molar-refractivity contribution in [2.45, 2.75) is 31.4 Å². The Morgan fingerprint density at radius 2 is 2.08 bits per heavy atom. The van der Waals surface area contributed by atoms with Gasteiger partial charge < -0.3 is 20.3 Å². The normalized spacial score (nSPS) is 24.9. The van der Waals surface area contributed by atoms with Crippen molar-refractivity contribution in [1.82, 2.24) is 15.5 Å². The van der Waals surface area contributed by atoms with E-state index >= 15 is 0 Å². The highest BCUT2D eigenvalue weighted by Gasteiger charge is 2.29. The van der Waals surface area contributed by atoms with Crippen LogP contribution in [-0.4, -0.2) is 49.1 Å². The fourth-order valence-corrected chi connectivity index (χ4v) is 3.03. The van der Waals surface area contributed by atoms with Crippen LogP contribution in [0.1, 0.15) is 30.9 Å². The Balaban J connectivity index is 1.60. The minimum atomic E-state index is -0.480. The average Bonchev–Trinajstić information content (AvgIpc) is 2.80. The molecule has 0 aliphatic carbocycles. The number of halogens is 1. The smallest absolute Gasteiger partial charge is 0.318 e. The first-order chi connectivity index (χ1) is 11.6. The number of carbonyl (C=O) groups excluding carboxylic acids is 2. The highest BCUT2D eigenvalue weighted by molar-refractivity contribution is 5.87. The maximum absolute atomic E-state index is 13.0. The van der Waals surface area contributed by atoms with Gasteiger partial charge in [-0.1, -0.05) is 12.1 Å². The molecule has 2 unspecified atom stereocenters. The Kier molecular flexibility index (Phi) is 5.30. The fraction of sp³-hybridized carbons (Fsp3) is 0.529. The van der Waals surface area contributed by atoms with Crippen LogP contribution in [0.5, 0.6) is 0 Å². The molecule has 3 rings (SSSR count). The Morgan fingerprint density at radius 3 is 2.88 bits per heavy atom. The topological polar surface area (TPSA) is 70.7 Å². The second-order valence-electron chi connectivity index (χ2n) is 6.15. The zero-order valence-corrected chi connectivity index (χ0v) is 13.5. The summed E-state index contributed by atoms with van der Waals surface area (Å²) < 4.78 is 18.7. The summed E-state index contributed by atoms with van der Waals surface area (Å²) in [7, 11) is 0. The molecule has 0 bridgehead atoms. The van der Waals surface area contributed by atoms with Crippen LogP contribution < -0.4 is 10.6 Å².